The molecule has 1 aliphatic heterocycles. The summed E-state index contributed by atoms with van der Waals surface area (Å²) in [6, 6.07) is 12.8. The van der Waals surface area contributed by atoms with Gasteiger partial charge in [0.05, 0.1) is 2.88 Å². The molecule has 2 heterocycles. The van der Waals surface area contributed by atoms with Gasteiger partial charge in [-0.05, 0) is 52.9 Å². The van der Waals surface area contributed by atoms with Gasteiger partial charge in [0.1, 0.15) is 0 Å². The Morgan fingerprint density at radius 2 is 2.06 bits per heavy atom. The molecule has 0 saturated heterocycles. The number of halogens is 1. The average molecular weight is 371 g/mol. The first kappa shape index (κ1) is 11.6. The number of hydrogen-bond acceptors (Lipinski definition) is 3. The number of thiophene rings is 1. The van der Waals surface area contributed by atoms with E-state index in [9.17, 15) is 0 Å². The third-order valence-corrected chi connectivity index (χ3v) is 5.42. The van der Waals surface area contributed by atoms with Gasteiger partial charge in [0.2, 0.25) is 0 Å². The lowest BCUT2D eigenvalue weighted by Crippen LogP contribution is -2.08. The lowest BCUT2D eigenvalue weighted by molar-refractivity contribution is 1.25. The van der Waals surface area contributed by atoms with E-state index in [4.69, 9.17) is 0 Å². The second kappa shape index (κ2) is 5.04. The second-order valence-corrected chi connectivity index (χ2v) is 7.88. The van der Waals surface area contributed by atoms with Gasteiger partial charge in [-0.2, -0.15) is 0 Å². The standard InChI is InChI=1S/C13H10INS2/c14-13-6-5-9(17-13)7-10-8-15-11-3-1-2-4-12(11)16-10/h1-7,15H,8H2/b10-7+. The fraction of sp³-hybridized carbons (Fsp3) is 0.0769. The zero-order valence-electron chi connectivity index (χ0n) is 8.94. The predicted octanol–water partition coefficient (Wildman–Crippen LogP) is 4.91. The fourth-order valence-corrected chi connectivity index (χ4v) is 4.43. The summed E-state index contributed by atoms with van der Waals surface area (Å²) in [5, 5.41) is 3.45. The van der Waals surface area contributed by atoms with Crippen molar-refractivity contribution in [3.8, 4) is 0 Å². The first-order valence-corrected chi connectivity index (χ1v) is 7.99. The van der Waals surface area contributed by atoms with Crippen LogP contribution >= 0.6 is 45.7 Å². The number of nitrogens with one attached hydrogen (secondary N) is 1. The highest BCUT2D eigenvalue weighted by Gasteiger charge is 2.12. The molecule has 0 amide bonds. The summed E-state index contributed by atoms with van der Waals surface area (Å²) in [5.74, 6) is 0. The summed E-state index contributed by atoms with van der Waals surface area (Å²) in [6.07, 6.45) is 2.28. The molecule has 0 saturated carbocycles. The molecule has 1 aliphatic rings. The van der Waals surface area contributed by atoms with Crippen LogP contribution < -0.4 is 5.32 Å². The molecule has 4 heteroatoms. The highest BCUT2D eigenvalue weighted by Crippen LogP contribution is 2.38. The fourth-order valence-electron chi connectivity index (χ4n) is 1.71. The molecular weight excluding hydrogens is 361 g/mol. The Labute approximate surface area is 122 Å². The molecule has 0 atom stereocenters. The van der Waals surface area contributed by atoms with Crippen LogP contribution in [0.15, 0.2) is 46.2 Å². The highest BCUT2D eigenvalue weighted by molar-refractivity contribution is 14.1. The number of hydrogen-bond donors (Lipinski definition) is 1. The van der Waals surface area contributed by atoms with Gasteiger partial charge in [-0.15, -0.1) is 11.3 Å². The second-order valence-electron chi connectivity index (χ2n) is 3.70. The Morgan fingerprint density at radius 1 is 1.18 bits per heavy atom. The third-order valence-electron chi connectivity index (χ3n) is 2.48. The maximum Gasteiger partial charge on any atom is 0.0659 e. The van der Waals surface area contributed by atoms with Gasteiger partial charge < -0.3 is 5.32 Å². The van der Waals surface area contributed by atoms with E-state index >= 15 is 0 Å². The highest BCUT2D eigenvalue weighted by atomic mass is 127. The van der Waals surface area contributed by atoms with Gasteiger partial charge in [-0.25, -0.2) is 0 Å². The molecule has 0 aliphatic carbocycles. The van der Waals surface area contributed by atoms with Crippen molar-refractivity contribution in [2.75, 3.05) is 11.9 Å². The first-order valence-electron chi connectivity index (χ1n) is 5.28. The van der Waals surface area contributed by atoms with Crippen molar-refractivity contribution in [2.24, 2.45) is 0 Å². The average Bonchev–Trinajstić information content (AvgIpc) is 2.75. The molecule has 0 unspecified atom stereocenters. The lowest BCUT2D eigenvalue weighted by atomic mass is 10.3. The summed E-state index contributed by atoms with van der Waals surface area (Å²) in [4.78, 5) is 4.02. The van der Waals surface area contributed by atoms with Gasteiger partial charge in [0.15, 0.2) is 0 Å². The smallest absolute Gasteiger partial charge is 0.0659 e. The Bertz CT molecular complexity index is 574. The van der Waals surface area contributed by atoms with Crippen LogP contribution in [0.3, 0.4) is 0 Å². The van der Waals surface area contributed by atoms with Gasteiger partial charge >= 0.3 is 0 Å². The van der Waals surface area contributed by atoms with Gasteiger partial charge in [0, 0.05) is 26.9 Å². The summed E-state index contributed by atoms with van der Waals surface area (Å²) in [5.41, 5.74) is 1.25. The molecule has 17 heavy (non-hydrogen) atoms. The third kappa shape index (κ3) is 2.69. The molecule has 3 rings (SSSR count). The van der Waals surface area contributed by atoms with Crippen molar-refractivity contribution in [2.45, 2.75) is 4.90 Å². The van der Waals surface area contributed by atoms with Crippen LogP contribution in [0.5, 0.6) is 0 Å². The first-order chi connectivity index (χ1) is 8.31. The SMILES string of the molecule is Ic1ccc(/C=C2\CNc3ccccc3S2)s1. The molecule has 0 spiro atoms. The van der Waals surface area contributed by atoms with E-state index in [1.807, 2.05) is 23.1 Å². The van der Waals surface area contributed by atoms with Crippen molar-refractivity contribution >= 4 is 57.5 Å². The Kier molecular flexibility index (Phi) is 3.44. The molecule has 0 bridgehead atoms. The van der Waals surface area contributed by atoms with E-state index in [0.29, 0.717) is 0 Å². The van der Waals surface area contributed by atoms with Gasteiger partial charge in [-0.3, -0.25) is 0 Å². The quantitative estimate of drug-likeness (QED) is 0.715. The Balaban J connectivity index is 1.86. The summed E-state index contributed by atoms with van der Waals surface area (Å²) in [7, 11) is 0. The monoisotopic (exact) mass is 371 g/mol. The van der Waals surface area contributed by atoms with Crippen molar-refractivity contribution in [3.63, 3.8) is 0 Å². The molecule has 1 aromatic carbocycles. The maximum atomic E-state index is 3.45. The molecule has 86 valence electrons. The number of anilines is 1. The van der Waals surface area contributed by atoms with E-state index in [0.717, 1.165) is 6.54 Å². The van der Waals surface area contributed by atoms with Crippen LogP contribution in [0.4, 0.5) is 5.69 Å². The van der Waals surface area contributed by atoms with Gasteiger partial charge in [0.25, 0.3) is 0 Å². The van der Waals surface area contributed by atoms with Crippen LogP contribution in [0.25, 0.3) is 6.08 Å². The molecular formula is C13H10INS2. The van der Waals surface area contributed by atoms with E-state index in [-0.39, 0.29) is 0 Å². The predicted molar refractivity (Wildman–Crippen MR) is 85.8 cm³/mol. The summed E-state index contributed by atoms with van der Waals surface area (Å²) >= 11 is 6.06. The lowest BCUT2D eigenvalue weighted by Gasteiger charge is -2.19. The maximum absolute atomic E-state index is 3.45. The molecule has 2 aromatic rings. The number of para-hydroxylation sites is 1. The Hall–Kier alpha value is -0.460. The van der Waals surface area contributed by atoms with E-state index in [1.54, 1.807) is 0 Å². The summed E-state index contributed by atoms with van der Waals surface area (Å²) in [6.45, 7) is 0.927. The van der Waals surface area contributed by atoms with Crippen LogP contribution in [0.1, 0.15) is 4.88 Å². The van der Waals surface area contributed by atoms with Crippen molar-refractivity contribution < 1.29 is 0 Å². The minimum absolute atomic E-state index is 0.927. The zero-order chi connectivity index (χ0) is 11.7. The molecule has 1 nitrogen and oxygen atoms in total. The van der Waals surface area contributed by atoms with Crippen LogP contribution in [-0.2, 0) is 0 Å². The number of benzene rings is 1. The van der Waals surface area contributed by atoms with Crippen LogP contribution in [0, 0.1) is 2.88 Å². The minimum Gasteiger partial charge on any atom is -0.380 e. The zero-order valence-corrected chi connectivity index (χ0v) is 12.7. The van der Waals surface area contributed by atoms with E-state index in [1.165, 1.54) is 23.2 Å². The topological polar surface area (TPSA) is 12.0 Å². The normalized spacial score (nSPS) is 16.6. The summed E-state index contributed by atoms with van der Waals surface area (Å²) < 4.78 is 1.34. The van der Waals surface area contributed by atoms with Crippen LogP contribution in [-0.4, -0.2) is 6.54 Å². The van der Waals surface area contributed by atoms with Crippen LogP contribution in [0.2, 0.25) is 0 Å². The van der Waals surface area contributed by atoms with Crippen molar-refractivity contribution in [1.82, 2.24) is 0 Å². The Morgan fingerprint density at radius 3 is 2.88 bits per heavy atom. The minimum atomic E-state index is 0.927. The van der Waals surface area contributed by atoms with E-state index < -0.39 is 0 Å². The van der Waals surface area contributed by atoms with Crippen molar-refractivity contribution in [3.05, 3.63) is 49.1 Å². The number of fused-ring (bicyclic) bond motifs is 1. The van der Waals surface area contributed by atoms with E-state index in [2.05, 4.69) is 70.4 Å². The number of thioether (sulfide) groups is 1. The van der Waals surface area contributed by atoms with Gasteiger partial charge in [-0.1, -0.05) is 23.9 Å². The molecule has 1 aromatic heterocycles. The largest absolute Gasteiger partial charge is 0.380 e. The number of rotatable bonds is 1. The van der Waals surface area contributed by atoms with Crippen molar-refractivity contribution in [1.29, 1.82) is 0 Å². The molecule has 0 fully saturated rings. The molecule has 1 N–H and O–H groups in total. The molecule has 0 radical (unpaired) electrons.